The largest absolute Gasteiger partial charge is 0.481 e. The minimum atomic E-state index is -0.582. The van der Waals surface area contributed by atoms with E-state index in [1.165, 1.54) is 122 Å². The maximum Gasteiger partial charge on any atom is 0.308 e. The second-order valence-electron chi connectivity index (χ2n) is 13.0. The van der Waals surface area contributed by atoms with Gasteiger partial charge in [0.05, 0.1) is 5.92 Å². The summed E-state index contributed by atoms with van der Waals surface area (Å²) in [6.45, 7) is 7.84. The molecule has 3 heteroatoms. The van der Waals surface area contributed by atoms with E-state index in [0.29, 0.717) is 5.92 Å². The monoisotopic (exact) mass is 520 g/mol. The summed E-state index contributed by atoms with van der Waals surface area (Å²) in [4.78, 5) is 14.1. The van der Waals surface area contributed by atoms with Gasteiger partial charge in [-0.25, -0.2) is 0 Å². The van der Waals surface area contributed by atoms with Gasteiger partial charge in [-0.2, -0.15) is 0 Å². The first-order valence-corrected chi connectivity index (χ1v) is 17.0. The van der Waals surface area contributed by atoms with Crippen molar-refractivity contribution in [3.63, 3.8) is 0 Å². The normalized spacial score (nSPS) is 25.4. The molecule has 1 aliphatic carbocycles. The molecular weight excluding hydrogens is 454 g/mol. The Morgan fingerprint density at radius 1 is 0.757 bits per heavy atom. The molecule has 218 valence electrons. The molecule has 0 radical (unpaired) electrons. The van der Waals surface area contributed by atoms with Crippen LogP contribution in [-0.4, -0.2) is 35.6 Å². The second-order valence-corrected chi connectivity index (χ2v) is 13.0. The first-order chi connectivity index (χ1) is 18.0. The molecule has 1 N–H and O–H groups in total. The highest BCUT2D eigenvalue weighted by Crippen LogP contribution is 2.50. The van der Waals surface area contributed by atoms with Crippen molar-refractivity contribution in [2.24, 2.45) is 29.6 Å². The third-order valence-corrected chi connectivity index (χ3v) is 10.1. The molecule has 0 amide bonds. The van der Waals surface area contributed by atoms with Crippen molar-refractivity contribution in [3.05, 3.63) is 0 Å². The molecule has 1 saturated carbocycles. The van der Waals surface area contributed by atoms with Crippen LogP contribution in [0, 0.1) is 29.6 Å². The molecule has 1 heterocycles. The van der Waals surface area contributed by atoms with Crippen molar-refractivity contribution in [2.75, 3.05) is 13.6 Å². The number of hydrogen-bond donors (Lipinski definition) is 1. The summed E-state index contributed by atoms with van der Waals surface area (Å²) >= 11 is 0. The van der Waals surface area contributed by atoms with Crippen LogP contribution in [0.2, 0.25) is 0 Å². The number of carboxylic acid groups (broad SMARTS) is 1. The Hall–Kier alpha value is -0.570. The van der Waals surface area contributed by atoms with E-state index in [-0.39, 0.29) is 12.0 Å². The highest BCUT2D eigenvalue weighted by molar-refractivity contribution is 5.71. The van der Waals surface area contributed by atoms with Crippen molar-refractivity contribution >= 4 is 5.97 Å². The highest BCUT2D eigenvalue weighted by Gasteiger charge is 2.41. The lowest BCUT2D eigenvalue weighted by Crippen LogP contribution is -2.39. The average Bonchev–Trinajstić information content (AvgIpc) is 3.55. The molecule has 2 rings (SSSR count). The summed E-state index contributed by atoms with van der Waals surface area (Å²) in [5.41, 5.74) is 0. The molecule has 0 aromatic rings. The van der Waals surface area contributed by atoms with E-state index in [2.05, 4.69) is 32.7 Å². The van der Waals surface area contributed by atoms with E-state index in [4.69, 9.17) is 0 Å². The van der Waals surface area contributed by atoms with E-state index < -0.39 is 5.97 Å². The molecule has 0 spiro atoms. The van der Waals surface area contributed by atoms with Crippen LogP contribution in [-0.2, 0) is 4.79 Å². The van der Waals surface area contributed by atoms with Crippen LogP contribution in [0.25, 0.3) is 0 Å². The summed E-state index contributed by atoms with van der Waals surface area (Å²) in [5.74, 6) is 2.94. The third kappa shape index (κ3) is 12.4. The number of unbranched alkanes of at least 4 members (excludes halogenated alkanes) is 12. The van der Waals surface area contributed by atoms with Crippen molar-refractivity contribution < 1.29 is 9.90 Å². The molecule has 0 aromatic carbocycles. The predicted molar refractivity (Wildman–Crippen MR) is 160 cm³/mol. The lowest BCUT2D eigenvalue weighted by Gasteiger charge is -2.31. The molecule has 0 bridgehead atoms. The quantitative estimate of drug-likeness (QED) is 0.129. The van der Waals surface area contributed by atoms with Gasteiger partial charge in [0.2, 0.25) is 0 Å². The number of rotatable bonds is 24. The number of carbonyl (C=O) groups is 1. The molecule has 2 fully saturated rings. The standard InChI is InChI=1S/C34H65NO2/c1-5-8-10-12-14-20-24-30-27-32(30)29(22-17-11-9-6-2)23-19-16-13-15-18-21-28(7-3)33-31(34(36)37)25-26-35(33)4/h28-33H,5-27H2,1-4H3,(H,36,37). The average molecular weight is 520 g/mol. The van der Waals surface area contributed by atoms with Gasteiger partial charge in [-0.3, -0.25) is 4.79 Å². The Kier molecular flexibility index (Phi) is 17.2. The number of hydrogen-bond acceptors (Lipinski definition) is 2. The Labute approximate surface area is 231 Å². The fraction of sp³-hybridized carbons (Fsp3) is 0.971. The lowest BCUT2D eigenvalue weighted by molar-refractivity contribution is -0.143. The molecule has 0 aromatic heterocycles. The van der Waals surface area contributed by atoms with Gasteiger partial charge in [0.1, 0.15) is 0 Å². The molecule has 2 aliphatic rings. The number of likely N-dealkylation sites (tertiary alicyclic amines) is 1. The maximum atomic E-state index is 11.7. The number of aliphatic carboxylic acids is 1. The summed E-state index contributed by atoms with van der Waals surface area (Å²) < 4.78 is 0. The van der Waals surface area contributed by atoms with Crippen molar-refractivity contribution in [1.82, 2.24) is 4.90 Å². The van der Waals surface area contributed by atoms with Gasteiger partial charge in [-0.15, -0.1) is 0 Å². The van der Waals surface area contributed by atoms with Gasteiger partial charge in [-0.1, -0.05) is 143 Å². The van der Waals surface area contributed by atoms with Crippen LogP contribution in [0.3, 0.4) is 0 Å². The van der Waals surface area contributed by atoms with E-state index >= 15 is 0 Å². The zero-order valence-electron chi connectivity index (χ0n) is 25.5. The molecule has 6 atom stereocenters. The maximum absolute atomic E-state index is 11.7. The predicted octanol–water partition coefficient (Wildman–Crippen LogP) is 10.1. The van der Waals surface area contributed by atoms with Crippen LogP contribution in [0.1, 0.15) is 162 Å². The summed E-state index contributed by atoms with van der Waals surface area (Å²) in [5, 5.41) is 9.66. The van der Waals surface area contributed by atoms with Crippen molar-refractivity contribution in [3.8, 4) is 0 Å². The van der Waals surface area contributed by atoms with E-state index in [1.807, 2.05) is 0 Å². The Morgan fingerprint density at radius 2 is 1.27 bits per heavy atom. The number of carboxylic acids is 1. The molecular formula is C34H65NO2. The van der Waals surface area contributed by atoms with Crippen molar-refractivity contribution in [1.29, 1.82) is 0 Å². The number of nitrogens with zero attached hydrogens (tertiary/aromatic N) is 1. The fourth-order valence-corrected chi connectivity index (χ4v) is 7.66. The smallest absolute Gasteiger partial charge is 0.308 e. The Morgan fingerprint density at radius 3 is 1.84 bits per heavy atom. The van der Waals surface area contributed by atoms with Gasteiger partial charge < -0.3 is 10.0 Å². The molecule has 1 aliphatic heterocycles. The lowest BCUT2D eigenvalue weighted by atomic mass is 9.83. The van der Waals surface area contributed by atoms with Crippen LogP contribution >= 0.6 is 0 Å². The SMILES string of the molecule is CCCCCCCCC1CC1C(CCCCCC)CCCCCCCC(CC)C1C(C(=O)O)CCN1C. The van der Waals surface area contributed by atoms with Gasteiger partial charge in [0.15, 0.2) is 0 Å². The first-order valence-electron chi connectivity index (χ1n) is 17.0. The molecule has 6 unspecified atom stereocenters. The van der Waals surface area contributed by atoms with Gasteiger partial charge >= 0.3 is 5.97 Å². The Balaban J connectivity index is 1.62. The summed E-state index contributed by atoms with van der Waals surface area (Å²) in [6, 6.07) is 0.249. The third-order valence-electron chi connectivity index (χ3n) is 10.1. The van der Waals surface area contributed by atoms with Gasteiger partial charge in [0.25, 0.3) is 0 Å². The summed E-state index contributed by atoms with van der Waals surface area (Å²) in [6.07, 6.45) is 30.3. The summed E-state index contributed by atoms with van der Waals surface area (Å²) in [7, 11) is 2.13. The molecule has 1 saturated heterocycles. The van der Waals surface area contributed by atoms with E-state index in [0.717, 1.165) is 37.1 Å². The molecule has 37 heavy (non-hydrogen) atoms. The van der Waals surface area contributed by atoms with Crippen LogP contribution in [0.15, 0.2) is 0 Å². The Bertz CT molecular complexity index is 578. The van der Waals surface area contributed by atoms with Gasteiger partial charge in [0, 0.05) is 6.04 Å². The highest BCUT2D eigenvalue weighted by atomic mass is 16.4. The zero-order valence-corrected chi connectivity index (χ0v) is 25.5. The van der Waals surface area contributed by atoms with E-state index in [9.17, 15) is 9.90 Å². The topological polar surface area (TPSA) is 40.5 Å². The second kappa shape index (κ2) is 19.5. The van der Waals surface area contributed by atoms with Crippen LogP contribution in [0.4, 0.5) is 0 Å². The van der Waals surface area contributed by atoms with Crippen LogP contribution in [0.5, 0.6) is 0 Å². The van der Waals surface area contributed by atoms with E-state index in [1.54, 1.807) is 6.42 Å². The minimum Gasteiger partial charge on any atom is -0.481 e. The zero-order chi connectivity index (χ0) is 26.9. The minimum absolute atomic E-state index is 0.156. The fourth-order valence-electron chi connectivity index (χ4n) is 7.66. The van der Waals surface area contributed by atoms with Crippen molar-refractivity contribution in [2.45, 2.75) is 168 Å². The first kappa shape index (κ1) is 32.6. The molecule has 3 nitrogen and oxygen atoms in total. The van der Waals surface area contributed by atoms with Crippen LogP contribution < -0.4 is 0 Å². The van der Waals surface area contributed by atoms with Gasteiger partial charge in [-0.05, 0) is 56.5 Å².